The van der Waals surface area contributed by atoms with Crippen LogP contribution in [-0.4, -0.2) is 62.2 Å². The largest absolute Gasteiger partial charge is 0.501 e. The molecule has 2 aliphatic rings. The summed E-state index contributed by atoms with van der Waals surface area (Å²) in [7, 11) is 1.62. The van der Waals surface area contributed by atoms with Crippen molar-refractivity contribution in [3.05, 3.63) is 51.2 Å². The number of amides is 2. The molecule has 0 radical (unpaired) electrons. The Hall–Kier alpha value is -2.52. The van der Waals surface area contributed by atoms with Crippen molar-refractivity contribution in [1.29, 1.82) is 0 Å². The van der Waals surface area contributed by atoms with Crippen molar-refractivity contribution in [3.8, 4) is 5.75 Å². The average Bonchev–Trinajstić information content (AvgIpc) is 3.22. The fourth-order valence-corrected chi connectivity index (χ4v) is 5.03. The first kappa shape index (κ1) is 20.7. The van der Waals surface area contributed by atoms with E-state index in [0.717, 1.165) is 11.3 Å². The summed E-state index contributed by atoms with van der Waals surface area (Å²) in [5.41, 5.74) is -0.895. The van der Waals surface area contributed by atoms with Crippen LogP contribution in [0.4, 0.5) is 0 Å². The van der Waals surface area contributed by atoms with Gasteiger partial charge in [0.1, 0.15) is 5.82 Å². The summed E-state index contributed by atoms with van der Waals surface area (Å²) >= 11 is 7.54. The van der Waals surface area contributed by atoms with E-state index < -0.39 is 23.3 Å². The summed E-state index contributed by atoms with van der Waals surface area (Å²) in [5.74, 6) is -0.580. The topological polar surface area (TPSA) is 95.7 Å². The van der Waals surface area contributed by atoms with Crippen molar-refractivity contribution in [3.63, 3.8) is 0 Å². The van der Waals surface area contributed by atoms with Crippen LogP contribution in [0.3, 0.4) is 0 Å². The number of hydrogen-bond donors (Lipinski definition) is 1. The summed E-state index contributed by atoms with van der Waals surface area (Å²) in [5, 5.41) is 10.8. The summed E-state index contributed by atoms with van der Waals surface area (Å²) in [4.78, 5) is 45.8. The zero-order valence-corrected chi connectivity index (χ0v) is 17.9. The minimum Gasteiger partial charge on any atom is -0.501 e. The second-order valence-corrected chi connectivity index (χ2v) is 8.74. The molecule has 1 atom stereocenters. The first-order valence-electron chi connectivity index (χ1n) is 9.64. The predicted octanol–water partition coefficient (Wildman–Crippen LogP) is 2.14. The molecule has 1 saturated heterocycles. The summed E-state index contributed by atoms with van der Waals surface area (Å²) in [6.45, 7) is 1.39. The van der Waals surface area contributed by atoms with Gasteiger partial charge in [-0.2, -0.15) is 4.98 Å². The number of halogens is 1. The number of benzene rings is 1. The number of aromatic hydroxyl groups is 1. The van der Waals surface area contributed by atoms with E-state index >= 15 is 0 Å². The fourth-order valence-electron chi connectivity index (χ4n) is 3.91. The molecule has 10 heteroatoms. The van der Waals surface area contributed by atoms with E-state index in [1.165, 1.54) is 16.7 Å². The molecule has 2 aliphatic heterocycles. The maximum absolute atomic E-state index is 13.0. The quantitative estimate of drug-likeness (QED) is 0.720. The highest BCUT2D eigenvalue weighted by Crippen LogP contribution is 2.34. The highest BCUT2D eigenvalue weighted by molar-refractivity contribution is 8.00. The average molecular weight is 449 g/mol. The Bertz CT molecular complexity index is 1070. The van der Waals surface area contributed by atoms with Crippen molar-refractivity contribution in [2.24, 2.45) is 0 Å². The third-order valence-corrected chi connectivity index (χ3v) is 6.96. The summed E-state index contributed by atoms with van der Waals surface area (Å²) in [6.07, 6.45) is 1.41. The number of hydrogen-bond acceptors (Lipinski definition) is 6. The van der Waals surface area contributed by atoms with E-state index in [4.69, 9.17) is 11.6 Å². The lowest BCUT2D eigenvalue weighted by Crippen LogP contribution is -2.43. The number of likely N-dealkylation sites (tertiary alicyclic amines) is 1. The van der Waals surface area contributed by atoms with Gasteiger partial charge < -0.3 is 19.5 Å². The summed E-state index contributed by atoms with van der Waals surface area (Å²) < 4.78 is 1.59. The Balaban J connectivity index is 1.62. The molecular formula is C20H21ClN4O4S. The van der Waals surface area contributed by atoms with Gasteiger partial charge in [0, 0.05) is 31.6 Å². The van der Waals surface area contributed by atoms with E-state index in [2.05, 4.69) is 4.98 Å². The molecule has 1 fully saturated rings. The maximum atomic E-state index is 13.0. The lowest BCUT2D eigenvalue weighted by Gasteiger charge is -2.32. The van der Waals surface area contributed by atoms with E-state index in [1.807, 2.05) is 18.2 Å². The van der Waals surface area contributed by atoms with Gasteiger partial charge in [0.15, 0.2) is 5.69 Å². The fraction of sp³-hybridized carbons (Fsp3) is 0.400. The van der Waals surface area contributed by atoms with Crippen LogP contribution in [0, 0.1) is 0 Å². The number of rotatable bonds is 4. The zero-order chi connectivity index (χ0) is 21.4. The van der Waals surface area contributed by atoms with Crippen LogP contribution in [0.1, 0.15) is 35.2 Å². The minimum absolute atomic E-state index is 0.0523. The molecule has 1 aromatic carbocycles. The highest BCUT2D eigenvalue weighted by Gasteiger charge is 2.37. The minimum atomic E-state index is -0.843. The van der Waals surface area contributed by atoms with Crippen LogP contribution >= 0.6 is 23.4 Å². The van der Waals surface area contributed by atoms with Crippen molar-refractivity contribution in [2.75, 3.05) is 25.9 Å². The second-order valence-electron chi connectivity index (χ2n) is 7.31. The van der Waals surface area contributed by atoms with Crippen LogP contribution in [0.25, 0.3) is 0 Å². The molecule has 3 heterocycles. The summed E-state index contributed by atoms with van der Waals surface area (Å²) in [6, 6.07) is 6.93. The van der Waals surface area contributed by atoms with E-state index in [-0.39, 0.29) is 17.4 Å². The van der Waals surface area contributed by atoms with Crippen molar-refractivity contribution < 1.29 is 14.7 Å². The lowest BCUT2D eigenvalue weighted by atomic mass is 10.1. The lowest BCUT2D eigenvalue weighted by molar-refractivity contribution is -0.129. The van der Waals surface area contributed by atoms with Gasteiger partial charge in [-0.15, -0.1) is 11.8 Å². The molecular weight excluding hydrogens is 428 g/mol. The van der Waals surface area contributed by atoms with Gasteiger partial charge in [-0.3, -0.25) is 14.4 Å². The molecule has 4 rings (SSSR count). The maximum Gasteiger partial charge on any atom is 0.315 e. The van der Waals surface area contributed by atoms with Gasteiger partial charge >= 0.3 is 5.56 Å². The number of likely N-dealkylation sites (N-methyl/N-ethyl adjacent to an activating group) is 1. The van der Waals surface area contributed by atoms with Crippen LogP contribution in [0.2, 0.25) is 5.02 Å². The smallest absolute Gasteiger partial charge is 0.315 e. The highest BCUT2D eigenvalue weighted by atomic mass is 35.5. The van der Waals surface area contributed by atoms with Gasteiger partial charge in [0.2, 0.25) is 11.7 Å². The van der Waals surface area contributed by atoms with E-state index in [1.54, 1.807) is 22.6 Å². The van der Waals surface area contributed by atoms with Gasteiger partial charge in [-0.05, 0) is 25.0 Å². The van der Waals surface area contributed by atoms with Gasteiger partial charge in [-0.1, -0.05) is 23.7 Å². The molecule has 0 saturated carbocycles. The Morgan fingerprint density at radius 3 is 2.80 bits per heavy atom. The van der Waals surface area contributed by atoms with Crippen LogP contribution in [0.5, 0.6) is 5.75 Å². The Morgan fingerprint density at radius 2 is 2.03 bits per heavy atom. The molecule has 0 spiro atoms. The first-order valence-corrected chi connectivity index (χ1v) is 11.0. The molecule has 0 bridgehead atoms. The Labute approximate surface area is 182 Å². The molecule has 1 unspecified atom stereocenters. The molecule has 158 valence electrons. The number of carbonyl (C=O) groups is 2. The molecule has 1 N–H and O–H groups in total. The van der Waals surface area contributed by atoms with Gasteiger partial charge in [-0.25, -0.2) is 0 Å². The molecule has 2 aromatic rings. The Kier molecular flexibility index (Phi) is 5.75. The standard InChI is InChI=1S/C20H21ClN4O4S/c1-23-9-10-25-16(20(23)29)17(27)19(28)22-18(25)13-6-4-8-24(13)15(26)11-30-14-7-3-2-5-12(14)21/h2-3,5,7,13,27H,4,6,8-11H2,1H3. The predicted molar refractivity (Wildman–Crippen MR) is 113 cm³/mol. The Morgan fingerprint density at radius 1 is 1.27 bits per heavy atom. The number of aromatic nitrogens is 2. The van der Waals surface area contributed by atoms with Crippen LogP contribution in [-0.2, 0) is 11.3 Å². The number of carbonyl (C=O) groups excluding carboxylic acids is 2. The molecule has 0 aliphatic carbocycles. The molecule has 8 nitrogen and oxygen atoms in total. The number of nitrogens with zero attached hydrogens (tertiary/aromatic N) is 4. The van der Waals surface area contributed by atoms with Crippen molar-refractivity contribution in [2.45, 2.75) is 30.3 Å². The molecule has 30 heavy (non-hydrogen) atoms. The number of fused-ring (bicyclic) bond motifs is 1. The first-order chi connectivity index (χ1) is 14.4. The van der Waals surface area contributed by atoms with Crippen molar-refractivity contribution >= 4 is 35.2 Å². The third kappa shape index (κ3) is 3.67. The molecule has 1 aromatic heterocycles. The van der Waals surface area contributed by atoms with Gasteiger partial charge in [0.25, 0.3) is 5.91 Å². The van der Waals surface area contributed by atoms with Gasteiger partial charge in [0.05, 0.1) is 16.8 Å². The SMILES string of the molecule is CN1CCn2c(C3CCCN3C(=O)CSc3ccccc3Cl)nc(=O)c(O)c2C1=O. The van der Waals surface area contributed by atoms with E-state index in [0.29, 0.717) is 36.9 Å². The monoisotopic (exact) mass is 448 g/mol. The van der Waals surface area contributed by atoms with Crippen LogP contribution in [0.15, 0.2) is 34.0 Å². The second kappa shape index (κ2) is 8.31. The zero-order valence-electron chi connectivity index (χ0n) is 16.4. The normalized spacial score (nSPS) is 18.6. The number of thioether (sulfide) groups is 1. The third-order valence-electron chi connectivity index (χ3n) is 5.46. The van der Waals surface area contributed by atoms with Crippen molar-refractivity contribution in [1.82, 2.24) is 19.4 Å². The molecule has 2 amide bonds. The van der Waals surface area contributed by atoms with E-state index in [9.17, 15) is 19.5 Å². The van der Waals surface area contributed by atoms with Crippen LogP contribution < -0.4 is 5.56 Å².